The number of benzene rings is 1. The third-order valence-electron chi connectivity index (χ3n) is 3.90. The van der Waals surface area contributed by atoms with Gasteiger partial charge in [0, 0.05) is 5.69 Å². The fourth-order valence-corrected chi connectivity index (χ4v) is 3.18. The van der Waals surface area contributed by atoms with Crippen LogP contribution in [0.15, 0.2) is 45.7 Å². The highest BCUT2D eigenvalue weighted by molar-refractivity contribution is 7.89. The zero-order valence-electron chi connectivity index (χ0n) is 13.1. The van der Waals surface area contributed by atoms with Gasteiger partial charge in [-0.15, -0.1) is 0 Å². The number of amides is 1. The van der Waals surface area contributed by atoms with Crippen LogP contribution < -0.4 is 10.5 Å². The fraction of sp³-hybridized carbons (Fsp3) is 0.312. The smallest absolute Gasteiger partial charge is 0.291 e. The van der Waals surface area contributed by atoms with Crippen molar-refractivity contribution in [2.75, 3.05) is 18.4 Å². The number of hydrogen-bond acceptors (Lipinski definition) is 5. The van der Waals surface area contributed by atoms with E-state index in [9.17, 15) is 13.2 Å². The van der Waals surface area contributed by atoms with E-state index in [2.05, 4.69) is 10.2 Å². The van der Waals surface area contributed by atoms with Crippen molar-refractivity contribution in [3.63, 3.8) is 0 Å². The number of nitrogens with one attached hydrogen (secondary N) is 1. The molecule has 0 atom stereocenters. The summed E-state index contributed by atoms with van der Waals surface area (Å²) in [5.41, 5.74) is 0.463. The van der Waals surface area contributed by atoms with Gasteiger partial charge in [-0.1, -0.05) is 0 Å². The summed E-state index contributed by atoms with van der Waals surface area (Å²) in [7, 11) is -3.74. The van der Waals surface area contributed by atoms with Gasteiger partial charge < -0.3 is 9.73 Å². The number of carbonyl (C=O) groups is 1. The molecule has 1 aliphatic heterocycles. The third-order valence-corrected chi connectivity index (χ3v) is 4.83. The highest BCUT2D eigenvalue weighted by atomic mass is 32.2. The van der Waals surface area contributed by atoms with Crippen LogP contribution in [0.1, 0.15) is 29.2 Å². The molecule has 7 nitrogen and oxygen atoms in total. The van der Waals surface area contributed by atoms with Crippen LogP contribution in [0.25, 0.3) is 0 Å². The summed E-state index contributed by atoms with van der Waals surface area (Å²) in [5.74, 6) is 0.595. The van der Waals surface area contributed by atoms with E-state index in [0.29, 0.717) is 12.2 Å². The van der Waals surface area contributed by atoms with Crippen LogP contribution in [-0.4, -0.2) is 32.3 Å². The van der Waals surface area contributed by atoms with Gasteiger partial charge >= 0.3 is 0 Å². The number of nitrogens with zero attached hydrogens (tertiary/aromatic N) is 1. The molecular weight excluding hydrogens is 330 g/mol. The molecule has 1 fully saturated rings. The van der Waals surface area contributed by atoms with Gasteiger partial charge in [0.2, 0.25) is 10.0 Å². The molecule has 8 heteroatoms. The molecule has 0 radical (unpaired) electrons. The molecule has 1 aromatic carbocycles. The Hall–Kier alpha value is -2.16. The lowest BCUT2D eigenvalue weighted by molar-refractivity contribution is 0.0993. The number of carbonyl (C=O) groups excluding carboxylic acids is 1. The summed E-state index contributed by atoms with van der Waals surface area (Å²) < 4.78 is 28.0. The summed E-state index contributed by atoms with van der Waals surface area (Å²) in [6.45, 7) is 2.81. The van der Waals surface area contributed by atoms with Gasteiger partial charge in [0.05, 0.1) is 11.4 Å². The SMILES string of the molecule is NS(=O)(=O)c1ccc(NC(=O)c2ccc(CN3CCCC3)o2)cc1. The predicted octanol–water partition coefficient (Wildman–Crippen LogP) is 1.78. The highest BCUT2D eigenvalue weighted by Gasteiger charge is 2.16. The molecule has 3 N–H and O–H groups in total. The summed E-state index contributed by atoms with van der Waals surface area (Å²) in [4.78, 5) is 14.5. The highest BCUT2D eigenvalue weighted by Crippen LogP contribution is 2.17. The van der Waals surface area contributed by atoms with Gasteiger partial charge in [-0.25, -0.2) is 13.6 Å². The summed E-state index contributed by atoms with van der Waals surface area (Å²) in [6, 6.07) is 9.08. The number of rotatable bonds is 5. The van der Waals surface area contributed by atoms with Crippen LogP contribution in [0.2, 0.25) is 0 Å². The molecular formula is C16H19N3O4S. The maximum atomic E-state index is 12.2. The Balaban J connectivity index is 1.63. The number of likely N-dealkylation sites (tertiary alicyclic amines) is 1. The van der Waals surface area contributed by atoms with Crippen molar-refractivity contribution in [2.45, 2.75) is 24.3 Å². The van der Waals surface area contributed by atoms with Crippen LogP contribution in [0, 0.1) is 0 Å². The second-order valence-corrected chi connectivity index (χ2v) is 7.33. The third kappa shape index (κ3) is 4.02. The maximum absolute atomic E-state index is 12.2. The maximum Gasteiger partial charge on any atom is 0.291 e. The molecule has 0 saturated carbocycles. The quantitative estimate of drug-likeness (QED) is 0.856. The molecule has 2 heterocycles. The fourth-order valence-electron chi connectivity index (χ4n) is 2.67. The Bertz CT molecular complexity index is 821. The number of furan rings is 1. The largest absolute Gasteiger partial charge is 0.455 e. The molecule has 24 heavy (non-hydrogen) atoms. The first-order valence-corrected chi connectivity index (χ1v) is 9.22. The van der Waals surface area contributed by atoms with Crippen LogP contribution in [0.3, 0.4) is 0 Å². The van der Waals surface area contributed by atoms with Gasteiger partial charge in [0.15, 0.2) is 5.76 Å². The van der Waals surface area contributed by atoms with E-state index < -0.39 is 10.0 Å². The molecule has 2 aromatic rings. The number of hydrogen-bond donors (Lipinski definition) is 2. The molecule has 1 amide bonds. The Morgan fingerprint density at radius 1 is 1.12 bits per heavy atom. The van der Waals surface area contributed by atoms with Gasteiger partial charge in [-0.05, 0) is 62.3 Å². The zero-order valence-corrected chi connectivity index (χ0v) is 13.9. The summed E-state index contributed by atoms with van der Waals surface area (Å²) in [6.07, 6.45) is 2.39. The molecule has 0 spiro atoms. The lowest BCUT2D eigenvalue weighted by Gasteiger charge is -2.11. The minimum absolute atomic E-state index is 0.00797. The lowest BCUT2D eigenvalue weighted by Crippen LogP contribution is -2.18. The van der Waals surface area contributed by atoms with Gasteiger partial charge in [-0.3, -0.25) is 9.69 Å². The molecule has 0 bridgehead atoms. The monoisotopic (exact) mass is 349 g/mol. The van der Waals surface area contributed by atoms with Gasteiger partial charge in [0.1, 0.15) is 5.76 Å². The molecule has 0 aliphatic carbocycles. The van der Waals surface area contributed by atoms with E-state index in [4.69, 9.17) is 9.56 Å². The van der Waals surface area contributed by atoms with E-state index in [-0.39, 0.29) is 16.6 Å². The van der Waals surface area contributed by atoms with E-state index in [0.717, 1.165) is 18.8 Å². The molecule has 0 unspecified atom stereocenters. The molecule has 1 saturated heterocycles. The standard InChI is InChI=1S/C16H19N3O4S/c17-24(21,22)14-6-3-12(4-7-14)18-16(20)15-8-5-13(23-15)11-19-9-1-2-10-19/h3-8H,1-2,9-11H2,(H,18,20)(H2,17,21,22). The predicted molar refractivity (Wildman–Crippen MR) is 89.0 cm³/mol. The molecule has 1 aliphatic rings. The Labute approximate surface area is 140 Å². The van der Waals surface area contributed by atoms with Crippen LogP contribution in [0.5, 0.6) is 0 Å². The first-order chi connectivity index (χ1) is 11.4. The van der Waals surface area contributed by atoms with Gasteiger partial charge in [0.25, 0.3) is 5.91 Å². The van der Waals surface area contributed by atoms with Crippen molar-refractivity contribution in [1.82, 2.24) is 4.90 Å². The van der Waals surface area contributed by atoms with E-state index in [1.54, 1.807) is 12.1 Å². The van der Waals surface area contributed by atoms with E-state index >= 15 is 0 Å². The van der Waals surface area contributed by atoms with Crippen molar-refractivity contribution in [3.8, 4) is 0 Å². The molecule has 1 aromatic heterocycles. The van der Waals surface area contributed by atoms with Crippen LogP contribution in [0.4, 0.5) is 5.69 Å². The van der Waals surface area contributed by atoms with Crippen LogP contribution in [-0.2, 0) is 16.6 Å². The van der Waals surface area contributed by atoms with Crippen LogP contribution >= 0.6 is 0 Å². The Morgan fingerprint density at radius 3 is 2.42 bits per heavy atom. The van der Waals surface area contributed by atoms with E-state index in [1.165, 1.54) is 37.1 Å². The van der Waals surface area contributed by atoms with Gasteiger partial charge in [-0.2, -0.15) is 0 Å². The van der Waals surface area contributed by atoms with Crippen molar-refractivity contribution in [1.29, 1.82) is 0 Å². The van der Waals surface area contributed by atoms with Crippen molar-refractivity contribution >= 4 is 21.6 Å². The minimum atomic E-state index is -3.74. The number of nitrogens with two attached hydrogens (primary N) is 1. The lowest BCUT2D eigenvalue weighted by atomic mass is 10.3. The normalized spacial score (nSPS) is 15.5. The van der Waals surface area contributed by atoms with Crippen molar-refractivity contribution < 1.29 is 17.6 Å². The first-order valence-electron chi connectivity index (χ1n) is 7.67. The molecule has 3 rings (SSSR count). The first kappa shape index (κ1) is 16.7. The summed E-state index contributed by atoms with van der Waals surface area (Å²) >= 11 is 0. The minimum Gasteiger partial charge on any atom is -0.455 e. The second-order valence-electron chi connectivity index (χ2n) is 5.77. The zero-order chi connectivity index (χ0) is 17.2. The Kier molecular flexibility index (Phi) is 4.70. The average Bonchev–Trinajstić information content (AvgIpc) is 3.19. The average molecular weight is 349 g/mol. The number of primary sulfonamides is 1. The second kappa shape index (κ2) is 6.76. The Morgan fingerprint density at radius 2 is 1.79 bits per heavy atom. The number of sulfonamides is 1. The topological polar surface area (TPSA) is 106 Å². The summed E-state index contributed by atoms with van der Waals surface area (Å²) in [5, 5.41) is 7.70. The van der Waals surface area contributed by atoms with Crippen molar-refractivity contribution in [2.24, 2.45) is 5.14 Å². The van der Waals surface area contributed by atoms with E-state index in [1.807, 2.05) is 0 Å². The molecule has 128 valence electrons. The van der Waals surface area contributed by atoms with Crippen molar-refractivity contribution in [3.05, 3.63) is 47.9 Å². The number of anilines is 1.